The molecule has 5 rings (SSSR count). The normalized spacial score (nSPS) is 14.2. The molecule has 2 aromatic heterocycles. The topological polar surface area (TPSA) is 79.4 Å². The predicted octanol–water partition coefficient (Wildman–Crippen LogP) is 5.34. The number of carbonyl (C=O) groups excluding carboxylic acids is 1. The van der Waals surface area contributed by atoms with Crippen molar-refractivity contribution in [3.05, 3.63) is 64.8 Å². The van der Waals surface area contributed by atoms with E-state index >= 15 is 0 Å². The van der Waals surface area contributed by atoms with E-state index in [2.05, 4.69) is 17.3 Å². The molecule has 0 bridgehead atoms. The number of carbonyl (C=O) groups is 1. The summed E-state index contributed by atoms with van der Waals surface area (Å²) < 4.78 is 39.2. The van der Waals surface area contributed by atoms with Crippen molar-refractivity contribution in [1.29, 1.82) is 0 Å². The fourth-order valence-corrected chi connectivity index (χ4v) is 7.96. The summed E-state index contributed by atoms with van der Waals surface area (Å²) in [5.74, 6) is -0.895. The van der Waals surface area contributed by atoms with Crippen molar-refractivity contribution in [3.8, 4) is 10.6 Å². The number of benzene rings is 2. The predicted molar refractivity (Wildman–Crippen MR) is 139 cm³/mol. The average molecular weight is 530 g/mol. The van der Waals surface area contributed by atoms with Gasteiger partial charge in [0.25, 0.3) is 0 Å². The zero-order valence-electron chi connectivity index (χ0n) is 19.1. The van der Waals surface area contributed by atoms with Gasteiger partial charge in [-0.25, -0.2) is 17.8 Å². The monoisotopic (exact) mass is 529 g/mol. The Morgan fingerprint density at radius 3 is 2.69 bits per heavy atom. The molecule has 0 radical (unpaired) electrons. The lowest BCUT2D eigenvalue weighted by atomic mass is 10.0. The van der Waals surface area contributed by atoms with Crippen molar-refractivity contribution in [2.75, 3.05) is 24.7 Å². The summed E-state index contributed by atoms with van der Waals surface area (Å²) in [6.07, 6.45) is 1.14. The number of hydrogen-bond acceptors (Lipinski definition) is 7. The molecule has 182 valence electrons. The summed E-state index contributed by atoms with van der Waals surface area (Å²) in [4.78, 5) is 21.2. The number of nitrogens with one attached hydrogen (secondary N) is 1. The second kappa shape index (κ2) is 9.77. The van der Waals surface area contributed by atoms with Gasteiger partial charge < -0.3 is 10.2 Å². The van der Waals surface area contributed by atoms with Crippen LogP contribution in [-0.2, 0) is 27.6 Å². The number of hydrogen-bond donors (Lipinski definition) is 1. The fourth-order valence-electron chi connectivity index (χ4n) is 4.20. The minimum absolute atomic E-state index is 0.0625. The van der Waals surface area contributed by atoms with E-state index in [4.69, 9.17) is 4.98 Å². The summed E-state index contributed by atoms with van der Waals surface area (Å²) in [5.41, 5.74) is 3.16. The van der Waals surface area contributed by atoms with Crippen LogP contribution < -0.4 is 5.32 Å². The van der Waals surface area contributed by atoms with Gasteiger partial charge in [-0.2, -0.15) is 0 Å². The molecule has 10 heteroatoms. The average Bonchev–Trinajstić information content (AvgIpc) is 3.39. The van der Waals surface area contributed by atoms with Crippen LogP contribution in [0.25, 0.3) is 20.8 Å². The van der Waals surface area contributed by atoms with Crippen LogP contribution in [0.3, 0.4) is 0 Å². The maximum absolute atomic E-state index is 13.1. The first-order valence-corrected chi connectivity index (χ1v) is 14.6. The number of rotatable bonds is 7. The number of likely N-dealkylation sites (N-methyl/N-ethyl adjacent to an activating group) is 1. The Morgan fingerprint density at radius 1 is 1.14 bits per heavy atom. The summed E-state index contributed by atoms with van der Waals surface area (Å²) in [7, 11) is -1.49. The van der Waals surface area contributed by atoms with Gasteiger partial charge in [-0.15, -0.1) is 22.7 Å². The lowest BCUT2D eigenvalue weighted by Crippen LogP contribution is -2.25. The largest absolute Gasteiger partial charge is 0.317 e. The number of anilines is 1. The van der Waals surface area contributed by atoms with Crippen LogP contribution in [0.5, 0.6) is 0 Å². The summed E-state index contributed by atoms with van der Waals surface area (Å²) in [6, 6.07) is 12.7. The van der Waals surface area contributed by atoms with Gasteiger partial charge in [-0.1, -0.05) is 12.1 Å². The highest BCUT2D eigenvalue weighted by Gasteiger charge is 2.27. The molecule has 0 atom stereocenters. The van der Waals surface area contributed by atoms with E-state index in [0.29, 0.717) is 0 Å². The summed E-state index contributed by atoms with van der Waals surface area (Å²) in [5, 5.41) is 4.71. The van der Waals surface area contributed by atoms with E-state index in [9.17, 15) is 17.6 Å². The molecule has 4 aromatic rings. The number of fused-ring (bicyclic) bond motifs is 2. The number of nitrogens with zero attached hydrogens (tertiary/aromatic N) is 2. The molecule has 0 spiro atoms. The van der Waals surface area contributed by atoms with Crippen LogP contribution in [0.1, 0.15) is 23.3 Å². The number of para-hydroxylation sites is 1. The minimum Gasteiger partial charge on any atom is -0.317 e. The van der Waals surface area contributed by atoms with Crippen molar-refractivity contribution in [2.45, 2.75) is 30.7 Å². The Labute approximate surface area is 211 Å². The Balaban J connectivity index is 1.34. The van der Waals surface area contributed by atoms with Crippen LogP contribution in [0, 0.1) is 5.82 Å². The van der Waals surface area contributed by atoms with Gasteiger partial charge in [0, 0.05) is 30.0 Å². The summed E-state index contributed by atoms with van der Waals surface area (Å²) in [6.45, 7) is 1.76. The van der Waals surface area contributed by atoms with Gasteiger partial charge in [0.15, 0.2) is 9.84 Å². The fraction of sp³-hybridized carbons (Fsp3) is 0.280. The first kappa shape index (κ1) is 24.1. The van der Waals surface area contributed by atoms with Crippen LogP contribution in [0.2, 0.25) is 0 Å². The molecule has 2 aromatic carbocycles. The van der Waals surface area contributed by atoms with E-state index in [1.54, 1.807) is 22.7 Å². The second-order valence-corrected chi connectivity index (χ2v) is 12.9. The molecule has 0 unspecified atom stereocenters. The van der Waals surface area contributed by atoms with Crippen molar-refractivity contribution < 1.29 is 17.6 Å². The zero-order valence-corrected chi connectivity index (χ0v) is 21.5. The second-order valence-electron chi connectivity index (χ2n) is 8.61. The van der Waals surface area contributed by atoms with Gasteiger partial charge >= 0.3 is 0 Å². The Morgan fingerprint density at radius 2 is 1.91 bits per heavy atom. The molecule has 0 aliphatic carbocycles. The molecule has 0 saturated heterocycles. The molecule has 0 saturated carbocycles. The molecule has 1 N–H and O–H groups in total. The van der Waals surface area contributed by atoms with Gasteiger partial charge in [-0.05, 0) is 61.9 Å². The third kappa shape index (κ3) is 5.16. The first-order valence-electron chi connectivity index (χ1n) is 11.3. The molecule has 1 aliphatic heterocycles. The van der Waals surface area contributed by atoms with E-state index in [-0.39, 0.29) is 29.4 Å². The van der Waals surface area contributed by atoms with Crippen molar-refractivity contribution in [3.63, 3.8) is 0 Å². The van der Waals surface area contributed by atoms with Crippen molar-refractivity contribution in [1.82, 2.24) is 9.88 Å². The van der Waals surface area contributed by atoms with Crippen molar-refractivity contribution in [2.24, 2.45) is 0 Å². The van der Waals surface area contributed by atoms with Crippen LogP contribution in [0.15, 0.2) is 53.4 Å². The smallest absolute Gasteiger partial charge is 0.225 e. The van der Waals surface area contributed by atoms with Gasteiger partial charge in [0.05, 0.1) is 20.9 Å². The molecular formula is C25H24FN3O3S3. The van der Waals surface area contributed by atoms with E-state index in [1.165, 1.54) is 22.6 Å². The van der Waals surface area contributed by atoms with Crippen LogP contribution in [0.4, 0.5) is 9.39 Å². The molecule has 3 heterocycles. The zero-order chi connectivity index (χ0) is 24.6. The highest BCUT2D eigenvalue weighted by atomic mass is 32.2. The molecule has 1 aliphatic rings. The number of sulfone groups is 1. The van der Waals surface area contributed by atoms with Crippen LogP contribution in [-0.4, -0.2) is 43.6 Å². The lowest BCUT2D eigenvalue weighted by molar-refractivity contribution is -0.116. The third-order valence-electron chi connectivity index (χ3n) is 6.00. The highest BCUT2D eigenvalue weighted by Crippen LogP contribution is 2.45. The van der Waals surface area contributed by atoms with Crippen LogP contribution >= 0.6 is 22.7 Å². The third-order valence-corrected chi connectivity index (χ3v) is 10.0. The molecule has 0 fully saturated rings. The van der Waals surface area contributed by atoms with Gasteiger partial charge in [-0.3, -0.25) is 4.79 Å². The molecular weight excluding hydrogens is 505 g/mol. The standard InChI is InChI=1S/C25H24FN3O3S3/c1-29-13-12-18-21(15-29)34-25(23(18)24-27-19-5-2-3-6-20(19)33-24)28-22(30)7-4-14-35(31,32)17-10-8-16(26)9-11-17/h2-3,5-6,8-11H,4,7,12-15H2,1H3,(H,28,30). The van der Waals surface area contributed by atoms with E-state index in [0.717, 1.165) is 57.4 Å². The number of thiophene rings is 1. The number of halogens is 1. The highest BCUT2D eigenvalue weighted by molar-refractivity contribution is 7.91. The Bertz CT molecular complexity index is 1460. The maximum atomic E-state index is 13.1. The Hall–Kier alpha value is -2.66. The number of aromatic nitrogens is 1. The van der Waals surface area contributed by atoms with Crippen molar-refractivity contribution >= 4 is 53.6 Å². The molecule has 6 nitrogen and oxygen atoms in total. The Kier molecular flexibility index (Phi) is 6.71. The van der Waals surface area contributed by atoms with E-state index < -0.39 is 15.7 Å². The quantitative estimate of drug-likeness (QED) is 0.327. The SMILES string of the molecule is CN1CCc2c(sc(NC(=O)CCCS(=O)(=O)c3ccc(F)cc3)c2-c2nc3ccccc3s2)C1. The molecule has 1 amide bonds. The lowest BCUT2D eigenvalue weighted by Gasteiger charge is -2.22. The minimum atomic E-state index is -3.58. The first-order chi connectivity index (χ1) is 16.8. The van der Waals surface area contributed by atoms with Gasteiger partial charge in [0.1, 0.15) is 15.8 Å². The van der Waals surface area contributed by atoms with Gasteiger partial charge in [0.2, 0.25) is 5.91 Å². The molecule has 35 heavy (non-hydrogen) atoms. The maximum Gasteiger partial charge on any atom is 0.225 e. The number of amides is 1. The number of thiazole rings is 1. The van der Waals surface area contributed by atoms with E-state index in [1.807, 2.05) is 24.3 Å². The summed E-state index contributed by atoms with van der Waals surface area (Å²) >= 11 is 3.19.